The van der Waals surface area contributed by atoms with Gasteiger partial charge in [0.25, 0.3) is 0 Å². The zero-order valence-electron chi connectivity index (χ0n) is 14.2. The van der Waals surface area contributed by atoms with Gasteiger partial charge >= 0.3 is 11.9 Å². The Morgan fingerprint density at radius 3 is 2.50 bits per heavy atom. The van der Waals surface area contributed by atoms with Crippen molar-refractivity contribution < 1.29 is 22.4 Å². The maximum absolute atomic E-state index is 12.9. The van der Waals surface area contributed by atoms with Gasteiger partial charge in [0.15, 0.2) is 0 Å². The molecule has 3 aromatic rings. The van der Waals surface area contributed by atoms with Crippen LogP contribution in [-0.2, 0) is 23.9 Å². The van der Waals surface area contributed by atoms with Gasteiger partial charge in [0.1, 0.15) is 5.82 Å². The molecule has 28 heavy (non-hydrogen) atoms. The second-order valence-corrected chi connectivity index (χ2v) is 6.89. The summed E-state index contributed by atoms with van der Waals surface area (Å²) in [6.45, 7) is -0.103. The van der Waals surface area contributed by atoms with Crippen LogP contribution in [0.25, 0.3) is 0 Å². The first-order valence-corrected chi connectivity index (χ1v) is 8.76. The van der Waals surface area contributed by atoms with E-state index in [1.165, 1.54) is 36.4 Å². The van der Waals surface area contributed by atoms with Gasteiger partial charge in [-0.2, -0.15) is 18.2 Å². The molecule has 3 rings (SSSR count). The van der Waals surface area contributed by atoms with E-state index in [2.05, 4.69) is 10.3 Å². The van der Waals surface area contributed by atoms with Gasteiger partial charge in [-0.15, -0.1) is 0 Å². The standard InChI is InChI=1S/C18H13F4N3O2S/c19-14-6-4-11(5-7-14)9-15(26)23-16-24-17(27)25(28-16)10-12-2-1-3-13(8-12)18(20,21)22/h1-8H,9-10H2,(H,23,24,26,27). The highest BCUT2D eigenvalue weighted by molar-refractivity contribution is 7.10. The van der Waals surface area contributed by atoms with Gasteiger partial charge in [-0.3, -0.25) is 4.79 Å². The first kappa shape index (κ1) is 19.7. The van der Waals surface area contributed by atoms with Crippen LogP contribution in [0.1, 0.15) is 16.7 Å². The summed E-state index contributed by atoms with van der Waals surface area (Å²) in [5, 5.41) is 2.49. The molecule has 1 amide bonds. The number of alkyl halides is 3. The lowest BCUT2D eigenvalue weighted by atomic mass is 10.1. The molecule has 0 aliphatic carbocycles. The van der Waals surface area contributed by atoms with Crippen molar-refractivity contribution >= 4 is 22.6 Å². The number of rotatable bonds is 5. The molecule has 0 saturated carbocycles. The predicted molar refractivity (Wildman–Crippen MR) is 95.7 cm³/mol. The topological polar surface area (TPSA) is 64.0 Å². The van der Waals surface area contributed by atoms with Crippen LogP contribution >= 0.6 is 11.5 Å². The van der Waals surface area contributed by atoms with Gasteiger partial charge in [-0.05, 0) is 46.9 Å². The quantitative estimate of drug-likeness (QED) is 0.652. The van der Waals surface area contributed by atoms with Crippen LogP contribution in [0.5, 0.6) is 0 Å². The maximum Gasteiger partial charge on any atom is 0.416 e. The van der Waals surface area contributed by atoms with Crippen LogP contribution in [-0.4, -0.2) is 14.8 Å². The number of carbonyl (C=O) groups excluding carboxylic acids is 1. The molecular weight excluding hydrogens is 398 g/mol. The lowest BCUT2D eigenvalue weighted by molar-refractivity contribution is -0.137. The molecular formula is C18H13F4N3O2S. The minimum absolute atomic E-state index is 0.0316. The number of carbonyl (C=O) groups is 1. The maximum atomic E-state index is 12.9. The average molecular weight is 411 g/mol. The lowest BCUT2D eigenvalue weighted by Gasteiger charge is -2.08. The molecule has 146 valence electrons. The number of hydrogen-bond donors (Lipinski definition) is 1. The Balaban J connectivity index is 1.68. The van der Waals surface area contributed by atoms with Gasteiger partial charge in [-0.25, -0.2) is 13.1 Å². The van der Waals surface area contributed by atoms with E-state index in [1.807, 2.05) is 0 Å². The summed E-state index contributed by atoms with van der Waals surface area (Å²) in [6.07, 6.45) is -4.52. The number of hydrogen-bond acceptors (Lipinski definition) is 4. The molecule has 0 spiro atoms. The van der Waals surface area contributed by atoms with E-state index in [-0.39, 0.29) is 23.7 Å². The molecule has 5 nitrogen and oxygen atoms in total. The number of benzene rings is 2. The highest BCUT2D eigenvalue weighted by Crippen LogP contribution is 2.29. The van der Waals surface area contributed by atoms with Crippen LogP contribution in [0.3, 0.4) is 0 Å². The smallest absolute Gasteiger partial charge is 0.300 e. The Labute approximate surface area is 160 Å². The van der Waals surface area contributed by atoms with Gasteiger partial charge in [0.05, 0.1) is 18.5 Å². The minimum atomic E-state index is -4.48. The van der Waals surface area contributed by atoms with E-state index in [9.17, 15) is 27.2 Å². The zero-order valence-corrected chi connectivity index (χ0v) is 15.0. The van der Waals surface area contributed by atoms with Crippen LogP contribution < -0.4 is 11.0 Å². The summed E-state index contributed by atoms with van der Waals surface area (Å²) in [4.78, 5) is 27.7. The Kier molecular flexibility index (Phi) is 5.59. The molecule has 0 aliphatic rings. The number of halogens is 4. The molecule has 1 heterocycles. The van der Waals surface area contributed by atoms with Gasteiger partial charge < -0.3 is 5.32 Å². The number of anilines is 1. The van der Waals surface area contributed by atoms with E-state index in [4.69, 9.17) is 0 Å². The van der Waals surface area contributed by atoms with Crippen LogP contribution in [0, 0.1) is 5.82 Å². The summed E-state index contributed by atoms with van der Waals surface area (Å²) >= 11 is 0.829. The van der Waals surface area contributed by atoms with E-state index in [0.29, 0.717) is 5.56 Å². The molecule has 10 heteroatoms. The van der Waals surface area contributed by atoms with E-state index < -0.39 is 29.2 Å². The first-order chi connectivity index (χ1) is 13.2. The fraction of sp³-hybridized carbons (Fsp3) is 0.167. The van der Waals surface area contributed by atoms with E-state index in [1.54, 1.807) is 0 Å². The Morgan fingerprint density at radius 2 is 1.82 bits per heavy atom. The Bertz CT molecular complexity index is 1040. The number of amides is 1. The lowest BCUT2D eigenvalue weighted by Crippen LogP contribution is -2.17. The molecule has 0 bridgehead atoms. The summed E-state index contributed by atoms with van der Waals surface area (Å²) in [7, 11) is 0. The van der Waals surface area contributed by atoms with Crippen molar-refractivity contribution in [3.8, 4) is 0 Å². The van der Waals surface area contributed by atoms with Crippen molar-refractivity contribution in [3.05, 3.63) is 81.5 Å². The SMILES string of the molecule is O=C(Cc1ccc(F)cc1)Nc1nc(=O)n(Cc2cccc(C(F)(F)F)c2)s1. The molecule has 0 aliphatic heterocycles. The fourth-order valence-corrected chi connectivity index (χ4v) is 3.24. The Morgan fingerprint density at radius 1 is 1.11 bits per heavy atom. The van der Waals surface area contributed by atoms with Crippen LogP contribution in [0.2, 0.25) is 0 Å². The Hall–Kier alpha value is -3.01. The van der Waals surface area contributed by atoms with Gasteiger partial charge in [-0.1, -0.05) is 24.3 Å². The normalized spacial score (nSPS) is 11.4. The zero-order chi connectivity index (χ0) is 20.3. The van der Waals surface area contributed by atoms with Crippen molar-refractivity contribution in [3.63, 3.8) is 0 Å². The third-order valence-corrected chi connectivity index (χ3v) is 4.58. The molecule has 1 aromatic heterocycles. The van der Waals surface area contributed by atoms with Crippen LogP contribution in [0.15, 0.2) is 53.3 Å². The summed E-state index contributed by atoms with van der Waals surface area (Å²) in [5.41, 5.74) is -0.630. The predicted octanol–water partition coefficient (Wildman–Crippen LogP) is 3.69. The van der Waals surface area contributed by atoms with Gasteiger partial charge in [0, 0.05) is 0 Å². The highest BCUT2D eigenvalue weighted by atomic mass is 32.1. The molecule has 0 unspecified atom stereocenters. The number of nitrogens with zero attached hydrogens (tertiary/aromatic N) is 2. The second kappa shape index (κ2) is 7.93. The average Bonchev–Trinajstić information content (AvgIpc) is 2.95. The second-order valence-electron chi connectivity index (χ2n) is 5.88. The number of nitrogens with one attached hydrogen (secondary N) is 1. The van der Waals surface area contributed by atoms with E-state index >= 15 is 0 Å². The summed E-state index contributed by atoms with van der Waals surface area (Å²) in [6, 6.07) is 10.0. The van der Waals surface area contributed by atoms with Crippen molar-refractivity contribution in [2.45, 2.75) is 19.1 Å². The van der Waals surface area contributed by atoms with Crippen molar-refractivity contribution in [2.24, 2.45) is 0 Å². The molecule has 1 N–H and O–H groups in total. The summed E-state index contributed by atoms with van der Waals surface area (Å²) in [5.74, 6) is -0.873. The molecule has 0 fully saturated rings. The fourth-order valence-electron chi connectivity index (χ4n) is 2.42. The van der Waals surface area contributed by atoms with Crippen LogP contribution in [0.4, 0.5) is 22.7 Å². The first-order valence-electron chi connectivity index (χ1n) is 7.99. The monoisotopic (exact) mass is 411 g/mol. The molecule has 0 radical (unpaired) electrons. The minimum Gasteiger partial charge on any atom is -0.300 e. The van der Waals surface area contributed by atoms with Crippen molar-refractivity contribution in [1.29, 1.82) is 0 Å². The van der Waals surface area contributed by atoms with Gasteiger partial charge in [0.2, 0.25) is 11.0 Å². The highest BCUT2D eigenvalue weighted by Gasteiger charge is 2.30. The third kappa shape index (κ3) is 5.03. The molecule has 2 aromatic carbocycles. The molecule has 0 atom stereocenters. The van der Waals surface area contributed by atoms with E-state index in [0.717, 1.165) is 27.6 Å². The number of aromatic nitrogens is 2. The third-order valence-electron chi connectivity index (χ3n) is 3.71. The van der Waals surface area contributed by atoms with Crippen molar-refractivity contribution in [1.82, 2.24) is 8.94 Å². The van der Waals surface area contributed by atoms with Crippen molar-refractivity contribution in [2.75, 3.05) is 5.32 Å². The molecule has 0 saturated heterocycles. The largest absolute Gasteiger partial charge is 0.416 e. The summed E-state index contributed by atoms with van der Waals surface area (Å²) < 4.78 is 52.4.